The molecule has 4 aliphatic rings. The van der Waals surface area contributed by atoms with Gasteiger partial charge in [-0.2, -0.15) is 0 Å². The van der Waals surface area contributed by atoms with Gasteiger partial charge in [-0.25, -0.2) is 0 Å². The van der Waals surface area contributed by atoms with Crippen LogP contribution in [-0.2, 0) is 9.47 Å². The first-order valence-electron chi connectivity index (χ1n) is 19.2. The van der Waals surface area contributed by atoms with E-state index in [0.29, 0.717) is 17.6 Å². The van der Waals surface area contributed by atoms with Crippen molar-refractivity contribution in [1.29, 1.82) is 0 Å². The average molecular weight is 653 g/mol. The summed E-state index contributed by atoms with van der Waals surface area (Å²) >= 11 is 0. The Bertz CT molecular complexity index is 1410. The molecule has 2 unspecified atom stereocenters. The number of aryl methyl sites for hydroxylation is 2. The second kappa shape index (κ2) is 15.7. The molecule has 0 radical (unpaired) electrons. The van der Waals surface area contributed by atoms with Gasteiger partial charge in [-0.15, -0.1) is 0 Å². The molecule has 0 bridgehead atoms. The lowest BCUT2D eigenvalue weighted by Gasteiger charge is -2.35. The normalized spacial score (nSPS) is 23.5. The fraction of sp³-hybridized carbons (Fsp3) is 0.581. The summed E-state index contributed by atoms with van der Waals surface area (Å²) in [5, 5.41) is 11.0. The van der Waals surface area contributed by atoms with Crippen LogP contribution in [-0.4, -0.2) is 30.9 Å². The molecule has 3 aromatic carbocycles. The minimum Gasteiger partial charge on any atom is -0.508 e. The Kier molecular flexibility index (Phi) is 10.9. The molecule has 2 saturated heterocycles. The van der Waals surface area contributed by atoms with Crippen LogP contribution in [0.2, 0.25) is 0 Å². The van der Waals surface area contributed by atoms with E-state index in [1.165, 1.54) is 97.6 Å². The third-order valence-corrected chi connectivity index (χ3v) is 11.3. The zero-order chi connectivity index (χ0) is 32.9. The van der Waals surface area contributed by atoms with Gasteiger partial charge in [0.15, 0.2) is 12.6 Å². The molecule has 0 aromatic heterocycles. The minimum absolute atomic E-state index is 0.0880. The summed E-state index contributed by atoms with van der Waals surface area (Å²) in [6, 6.07) is 17.4. The van der Waals surface area contributed by atoms with Crippen molar-refractivity contribution in [3.05, 3.63) is 87.5 Å². The number of hydrogen-bond acceptors (Lipinski definition) is 5. The molecule has 0 spiro atoms. The van der Waals surface area contributed by atoms with Crippen LogP contribution in [0.15, 0.2) is 48.5 Å². The van der Waals surface area contributed by atoms with E-state index in [9.17, 15) is 5.11 Å². The minimum atomic E-state index is -0.206. The van der Waals surface area contributed by atoms with Crippen molar-refractivity contribution in [3.8, 4) is 17.2 Å². The Morgan fingerprint density at radius 3 is 1.50 bits per heavy atom. The first-order valence-corrected chi connectivity index (χ1v) is 19.2. The molecular formula is C43H56O5. The highest BCUT2D eigenvalue weighted by Gasteiger charge is 2.34. The van der Waals surface area contributed by atoms with Gasteiger partial charge >= 0.3 is 0 Å². The third kappa shape index (κ3) is 7.73. The Balaban J connectivity index is 1.45. The number of benzene rings is 3. The number of phenolic OH excluding ortho intramolecular Hbond substituents is 1. The first-order chi connectivity index (χ1) is 23.5. The molecular weight excluding hydrogens is 596 g/mol. The fourth-order valence-electron chi connectivity index (χ4n) is 9.03. The highest BCUT2D eigenvalue weighted by molar-refractivity contribution is 5.59. The second-order valence-corrected chi connectivity index (χ2v) is 15.1. The van der Waals surface area contributed by atoms with E-state index in [4.69, 9.17) is 18.9 Å². The monoisotopic (exact) mass is 652 g/mol. The highest BCUT2D eigenvalue weighted by atomic mass is 16.7. The van der Waals surface area contributed by atoms with Crippen LogP contribution in [0.4, 0.5) is 0 Å². The van der Waals surface area contributed by atoms with Crippen LogP contribution < -0.4 is 9.47 Å². The van der Waals surface area contributed by atoms with Crippen LogP contribution in [0.1, 0.15) is 159 Å². The number of phenols is 1. The summed E-state index contributed by atoms with van der Waals surface area (Å²) in [6.45, 7) is 5.93. The number of ether oxygens (including phenoxy) is 4. The van der Waals surface area contributed by atoms with Crippen molar-refractivity contribution in [1.82, 2.24) is 0 Å². The Morgan fingerprint density at radius 1 is 0.583 bits per heavy atom. The van der Waals surface area contributed by atoms with Gasteiger partial charge in [-0.3, -0.25) is 0 Å². The second-order valence-electron chi connectivity index (χ2n) is 15.1. The Hall–Kier alpha value is -3.02. The Morgan fingerprint density at radius 2 is 1.06 bits per heavy atom. The lowest BCUT2D eigenvalue weighted by molar-refractivity contribution is -0.106. The largest absolute Gasteiger partial charge is 0.508 e. The molecule has 2 heterocycles. The molecule has 5 nitrogen and oxygen atoms in total. The van der Waals surface area contributed by atoms with Crippen molar-refractivity contribution in [2.24, 2.45) is 0 Å². The van der Waals surface area contributed by atoms with E-state index >= 15 is 0 Å². The molecule has 5 heteroatoms. The lowest BCUT2D eigenvalue weighted by atomic mass is 9.71. The molecule has 7 rings (SSSR count). The predicted molar refractivity (Wildman–Crippen MR) is 191 cm³/mol. The molecule has 2 atom stereocenters. The van der Waals surface area contributed by atoms with Crippen molar-refractivity contribution < 1.29 is 24.1 Å². The Labute approximate surface area is 288 Å². The molecule has 1 N–H and O–H groups in total. The number of aromatic hydroxyl groups is 1. The number of hydrogen-bond donors (Lipinski definition) is 1. The quantitative estimate of drug-likeness (QED) is 0.233. The van der Waals surface area contributed by atoms with E-state index in [-0.39, 0.29) is 18.5 Å². The van der Waals surface area contributed by atoms with E-state index < -0.39 is 0 Å². The summed E-state index contributed by atoms with van der Waals surface area (Å²) in [4.78, 5) is 0. The maximum absolute atomic E-state index is 11.0. The first kappa shape index (κ1) is 33.5. The summed E-state index contributed by atoms with van der Waals surface area (Å²) in [5.41, 5.74) is 8.80. The molecule has 2 saturated carbocycles. The predicted octanol–water partition coefficient (Wildman–Crippen LogP) is 11.1. The topological polar surface area (TPSA) is 57.2 Å². The highest BCUT2D eigenvalue weighted by Crippen LogP contribution is 2.51. The van der Waals surface area contributed by atoms with Crippen LogP contribution in [0.25, 0.3) is 0 Å². The average Bonchev–Trinajstić information content (AvgIpc) is 3.10. The molecule has 2 aliphatic carbocycles. The van der Waals surface area contributed by atoms with Gasteiger partial charge in [0.05, 0.1) is 13.2 Å². The third-order valence-electron chi connectivity index (χ3n) is 11.3. The smallest absolute Gasteiger partial charge is 0.199 e. The fourth-order valence-corrected chi connectivity index (χ4v) is 9.03. The summed E-state index contributed by atoms with van der Waals surface area (Å²) in [5.74, 6) is 3.04. The van der Waals surface area contributed by atoms with Crippen LogP contribution in [0, 0.1) is 13.8 Å². The van der Waals surface area contributed by atoms with E-state index in [0.717, 1.165) is 68.8 Å². The van der Waals surface area contributed by atoms with Crippen LogP contribution >= 0.6 is 0 Å². The van der Waals surface area contributed by atoms with Crippen molar-refractivity contribution >= 4 is 0 Å². The molecule has 2 aliphatic heterocycles. The van der Waals surface area contributed by atoms with Gasteiger partial charge in [0, 0.05) is 29.9 Å². The zero-order valence-corrected chi connectivity index (χ0v) is 29.3. The van der Waals surface area contributed by atoms with Gasteiger partial charge in [0.2, 0.25) is 0 Å². The van der Waals surface area contributed by atoms with Crippen molar-refractivity contribution in [3.63, 3.8) is 0 Å². The van der Waals surface area contributed by atoms with E-state index in [1.807, 2.05) is 12.1 Å². The molecule has 4 fully saturated rings. The summed E-state index contributed by atoms with van der Waals surface area (Å²) < 4.78 is 26.1. The van der Waals surface area contributed by atoms with E-state index in [2.05, 4.69) is 44.2 Å². The van der Waals surface area contributed by atoms with Crippen molar-refractivity contribution in [2.45, 2.75) is 147 Å². The van der Waals surface area contributed by atoms with Crippen molar-refractivity contribution in [2.75, 3.05) is 13.2 Å². The van der Waals surface area contributed by atoms with Gasteiger partial charge < -0.3 is 24.1 Å². The molecule has 0 amide bonds. The SMILES string of the molecule is Cc1cc(OC2CCCCO2)c(C2CCCCC2)c(C(c2cccc(O)c2)c2cc(C)cc(OC3CCCCO3)c2C2CCCCC2)c1. The summed E-state index contributed by atoms with van der Waals surface area (Å²) in [7, 11) is 0. The number of rotatable bonds is 9. The van der Waals surface area contributed by atoms with Crippen LogP contribution in [0.5, 0.6) is 17.2 Å². The maximum Gasteiger partial charge on any atom is 0.199 e. The molecule has 258 valence electrons. The zero-order valence-electron chi connectivity index (χ0n) is 29.3. The molecule has 3 aromatic rings. The maximum atomic E-state index is 11.0. The van der Waals surface area contributed by atoms with Gasteiger partial charge in [-0.05, 0) is 129 Å². The lowest BCUT2D eigenvalue weighted by Crippen LogP contribution is -2.27. The molecule has 48 heavy (non-hydrogen) atoms. The summed E-state index contributed by atoms with van der Waals surface area (Å²) in [6.07, 6.45) is 18.1. The van der Waals surface area contributed by atoms with Gasteiger partial charge in [0.1, 0.15) is 17.2 Å². The van der Waals surface area contributed by atoms with Crippen LogP contribution in [0.3, 0.4) is 0 Å². The van der Waals surface area contributed by atoms with Gasteiger partial charge in [-0.1, -0.05) is 62.8 Å². The van der Waals surface area contributed by atoms with Gasteiger partial charge in [0.25, 0.3) is 0 Å². The standard InChI is InChI=1S/C43H56O5/c1-29-24-35(42(31-14-5-3-6-15-31)37(26-29)47-39-20-9-11-22-45-39)41(33-18-13-19-34(44)28-33)36-25-30(2)27-38(48-40-21-10-12-23-46-40)43(36)32-16-7-4-8-17-32/h13,18-19,24-28,31-32,39-41,44H,3-12,14-17,20-23H2,1-2H3. The van der Waals surface area contributed by atoms with E-state index in [1.54, 1.807) is 6.07 Å².